The fraction of sp³-hybridized carbons (Fsp3) is 0.185. The Balaban J connectivity index is 1.57. The van der Waals surface area contributed by atoms with Gasteiger partial charge in [-0.1, -0.05) is 24.3 Å². The number of pyridine rings is 2. The number of carbonyl (C=O) groups is 2. The second-order valence-corrected chi connectivity index (χ2v) is 7.57. The quantitative estimate of drug-likeness (QED) is 0.321. The second kappa shape index (κ2) is 10.1. The first-order valence-corrected chi connectivity index (χ1v) is 10.7. The van der Waals surface area contributed by atoms with Crippen LogP contribution in [-0.2, 0) is 0 Å². The average Bonchev–Trinajstić information content (AvgIpc) is 2.90. The molecule has 4 rings (SSSR count). The number of methoxy groups -OCH3 is 3. The number of benzene rings is 2. The Bertz CT molecular complexity index is 1360. The van der Waals surface area contributed by atoms with Crippen LogP contribution in [0.25, 0.3) is 22.0 Å². The zero-order valence-electron chi connectivity index (χ0n) is 19.2. The number of Topliss-reactive ketones (excluding diaryl/α,β-unsaturated/α-hetero) is 2. The van der Waals surface area contributed by atoms with Crippen LogP contribution in [0.5, 0.6) is 17.2 Å². The number of hydrogen-bond donors (Lipinski definition) is 0. The molecule has 172 valence electrons. The molecule has 0 aliphatic carbocycles. The second-order valence-electron chi connectivity index (χ2n) is 7.57. The third-order valence-corrected chi connectivity index (χ3v) is 5.57. The van der Waals surface area contributed by atoms with Crippen molar-refractivity contribution in [3.8, 4) is 28.5 Å². The molecule has 0 unspecified atom stereocenters. The van der Waals surface area contributed by atoms with Gasteiger partial charge < -0.3 is 14.2 Å². The van der Waals surface area contributed by atoms with Crippen molar-refractivity contribution in [1.29, 1.82) is 0 Å². The van der Waals surface area contributed by atoms with Crippen LogP contribution < -0.4 is 14.2 Å². The molecule has 0 radical (unpaired) electrons. The molecule has 0 saturated carbocycles. The van der Waals surface area contributed by atoms with E-state index < -0.39 is 0 Å². The van der Waals surface area contributed by atoms with E-state index in [9.17, 15) is 9.59 Å². The van der Waals surface area contributed by atoms with Crippen LogP contribution in [0.1, 0.15) is 33.7 Å². The minimum absolute atomic E-state index is 0.0275. The number of ketones is 2. The highest BCUT2D eigenvalue weighted by molar-refractivity contribution is 6.02. The predicted molar refractivity (Wildman–Crippen MR) is 129 cm³/mol. The summed E-state index contributed by atoms with van der Waals surface area (Å²) in [5, 5.41) is 1.91. The lowest BCUT2D eigenvalue weighted by Crippen LogP contribution is -2.08. The van der Waals surface area contributed by atoms with E-state index in [4.69, 9.17) is 14.2 Å². The Labute approximate surface area is 197 Å². The van der Waals surface area contributed by atoms with Gasteiger partial charge in [0.2, 0.25) is 0 Å². The minimum Gasteiger partial charge on any atom is -0.494 e. The number of rotatable bonds is 9. The lowest BCUT2D eigenvalue weighted by Gasteiger charge is -2.12. The van der Waals surface area contributed by atoms with Gasteiger partial charge in [0.15, 0.2) is 23.1 Å². The molecule has 34 heavy (non-hydrogen) atoms. The van der Waals surface area contributed by atoms with Gasteiger partial charge >= 0.3 is 0 Å². The van der Waals surface area contributed by atoms with Gasteiger partial charge in [-0.2, -0.15) is 0 Å². The number of ether oxygens (including phenoxy) is 3. The van der Waals surface area contributed by atoms with E-state index in [1.54, 1.807) is 49.8 Å². The molecule has 2 heterocycles. The van der Waals surface area contributed by atoms with Crippen molar-refractivity contribution in [1.82, 2.24) is 9.97 Å². The van der Waals surface area contributed by atoms with Crippen LogP contribution in [-0.4, -0.2) is 42.9 Å². The van der Waals surface area contributed by atoms with Gasteiger partial charge in [0.25, 0.3) is 0 Å². The van der Waals surface area contributed by atoms with Gasteiger partial charge in [0, 0.05) is 41.7 Å². The number of nitrogens with zero attached hydrogens (tertiary/aromatic N) is 2. The topological polar surface area (TPSA) is 87.6 Å². The SMILES string of the molecule is COc1ccc(C(=O)CCC(=O)c2ccc(OC)c(-c3cncc4ccccc34)n2)cc1OC. The Morgan fingerprint density at radius 1 is 0.765 bits per heavy atom. The molecule has 0 aliphatic heterocycles. The molecule has 0 atom stereocenters. The molecule has 7 heteroatoms. The monoisotopic (exact) mass is 456 g/mol. The smallest absolute Gasteiger partial charge is 0.181 e. The molecular formula is C27H24N2O5. The Morgan fingerprint density at radius 3 is 2.24 bits per heavy atom. The number of fused-ring (bicyclic) bond motifs is 1. The highest BCUT2D eigenvalue weighted by Crippen LogP contribution is 2.33. The summed E-state index contributed by atoms with van der Waals surface area (Å²) in [4.78, 5) is 34.5. The van der Waals surface area contributed by atoms with E-state index in [1.807, 2.05) is 24.3 Å². The maximum atomic E-state index is 12.9. The molecule has 0 spiro atoms. The summed E-state index contributed by atoms with van der Waals surface area (Å²) in [6.07, 6.45) is 3.56. The van der Waals surface area contributed by atoms with E-state index >= 15 is 0 Å². The van der Waals surface area contributed by atoms with Crippen molar-refractivity contribution >= 4 is 22.3 Å². The van der Waals surface area contributed by atoms with Crippen molar-refractivity contribution in [2.24, 2.45) is 0 Å². The average molecular weight is 456 g/mol. The van der Waals surface area contributed by atoms with Gasteiger partial charge in [0.1, 0.15) is 17.1 Å². The molecule has 2 aromatic heterocycles. The predicted octanol–water partition coefficient (Wildman–Crippen LogP) is 5.17. The molecule has 0 bridgehead atoms. The summed E-state index contributed by atoms with van der Waals surface area (Å²) in [7, 11) is 4.60. The molecule has 0 aliphatic rings. The highest BCUT2D eigenvalue weighted by atomic mass is 16.5. The van der Waals surface area contributed by atoms with Gasteiger partial charge in [0.05, 0.1) is 21.3 Å². The molecule has 0 N–H and O–H groups in total. The highest BCUT2D eigenvalue weighted by Gasteiger charge is 2.18. The molecule has 2 aromatic carbocycles. The molecule has 0 fully saturated rings. The van der Waals surface area contributed by atoms with Crippen LogP contribution in [0.15, 0.2) is 67.0 Å². The van der Waals surface area contributed by atoms with Crippen LogP contribution in [0, 0.1) is 0 Å². The molecule has 7 nitrogen and oxygen atoms in total. The Kier molecular flexibility index (Phi) is 6.82. The van der Waals surface area contributed by atoms with Gasteiger partial charge in [-0.3, -0.25) is 14.6 Å². The first-order valence-electron chi connectivity index (χ1n) is 10.7. The largest absolute Gasteiger partial charge is 0.494 e. The lowest BCUT2D eigenvalue weighted by atomic mass is 10.0. The normalized spacial score (nSPS) is 10.7. The summed E-state index contributed by atoms with van der Waals surface area (Å²) < 4.78 is 16.0. The third-order valence-electron chi connectivity index (χ3n) is 5.57. The van der Waals surface area contributed by atoms with Crippen LogP contribution in [0.2, 0.25) is 0 Å². The van der Waals surface area contributed by atoms with E-state index in [0.29, 0.717) is 28.5 Å². The molecule has 4 aromatic rings. The van der Waals surface area contributed by atoms with E-state index in [-0.39, 0.29) is 30.1 Å². The van der Waals surface area contributed by atoms with Crippen LogP contribution in [0.4, 0.5) is 0 Å². The van der Waals surface area contributed by atoms with Crippen molar-refractivity contribution < 1.29 is 23.8 Å². The van der Waals surface area contributed by atoms with Crippen LogP contribution in [0.3, 0.4) is 0 Å². The first kappa shape index (κ1) is 22.9. The summed E-state index contributed by atoms with van der Waals surface area (Å²) in [5.41, 5.74) is 2.02. The first-order chi connectivity index (χ1) is 16.5. The summed E-state index contributed by atoms with van der Waals surface area (Å²) in [6, 6.07) is 16.1. The minimum atomic E-state index is -0.231. The zero-order chi connectivity index (χ0) is 24.1. The van der Waals surface area contributed by atoms with Crippen molar-refractivity contribution in [2.45, 2.75) is 12.8 Å². The maximum Gasteiger partial charge on any atom is 0.181 e. The molecular weight excluding hydrogens is 432 g/mol. The van der Waals surface area contributed by atoms with E-state index in [2.05, 4.69) is 9.97 Å². The van der Waals surface area contributed by atoms with Gasteiger partial charge in [-0.25, -0.2) is 4.98 Å². The van der Waals surface area contributed by atoms with Crippen molar-refractivity contribution in [3.63, 3.8) is 0 Å². The fourth-order valence-electron chi connectivity index (χ4n) is 3.77. The van der Waals surface area contributed by atoms with Gasteiger partial charge in [-0.15, -0.1) is 0 Å². The third kappa shape index (κ3) is 4.59. The summed E-state index contributed by atoms with van der Waals surface area (Å²) >= 11 is 0. The fourth-order valence-corrected chi connectivity index (χ4v) is 3.77. The maximum absolute atomic E-state index is 12.9. The Morgan fingerprint density at radius 2 is 1.47 bits per heavy atom. The van der Waals surface area contributed by atoms with Gasteiger partial charge in [-0.05, 0) is 35.7 Å². The van der Waals surface area contributed by atoms with E-state index in [0.717, 1.165) is 16.3 Å². The molecule has 0 amide bonds. The zero-order valence-corrected chi connectivity index (χ0v) is 19.2. The molecule has 0 saturated heterocycles. The lowest BCUT2D eigenvalue weighted by molar-refractivity contribution is 0.0915. The summed E-state index contributed by atoms with van der Waals surface area (Å²) in [5.74, 6) is 1.14. The van der Waals surface area contributed by atoms with Crippen LogP contribution >= 0.6 is 0 Å². The number of carbonyl (C=O) groups excluding carboxylic acids is 2. The van der Waals surface area contributed by atoms with E-state index in [1.165, 1.54) is 14.2 Å². The van der Waals surface area contributed by atoms with Crippen molar-refractivity contribution in [3.05, 3.63) is 78.2 Å². The number of hydrogen-bond acceptors (Lipinski definition) is 7. The Hall–Kier alpha value is -4.26. The number of aromatic nitrogens is 2. The summed E-state index contributed by atoms with van der Waals surface area (Å²) in [6.45, 7) is 0. The van der Waals surface area contributed by atoms with Crippen molar-refractivity contribution in [2.75, 3.05) is 21.3 Å². The standard InChI is InChI=1S/C27H24N2O5/c1-32-24-12-8-17(14-26(24)34-3)22(30)10-11-23(31)21-9-13-25(33-2)27(29-21)20-16-28-15-18-6-4-5-7-19(18)20/h4-9,12-16H,10-11H2,1-3H3.